The minimum atomic E-state index is 0.637. The number of fused-ring (bicyclic) bond motifs is 3. The Kier molecular flexibility index (Phi) is 3.08. The number of rotatable bonds is 2. The molecule has 0 spiro atoms. The standard InChI is InChI=1S/C13H21BrO/c14-13-8-15-7-12(13)6-11-5-9-1-3-10(11)4-2-9/h9-13H,1-8H2. The quantitative estimate of drug-likeness (QED) is 0.698. The number of alkyl halides is 1. The van der Waals surface area contributed by atoms with E-state index < -0.39 is 0 Å². The Morgan fingerprint density at radius 1 is 1.00 bits per heavy atom. The maximum Gasteiger partial charge on any atom is 0.0595 e. The lowest BCUT2D eigenvalue weighted by atomic mass is 9.63. The van der Waals surface area contributed by atoms with E-state index in [1.54, 1.807) is 0 Å². The van der Waals surface area contributed by atoms with E-state index in [2.05, 4.69) is 15.9 Å². The molecule has 3 atom stereocenters. The zero-order chi connectivity index (χ0) is 10.3. The van der Waals surface area contributed by atoms with Crippen molar-refractivity contribution in [2.75, 3.05) is 13.2 Å². The average molecular weight is 273 g/mol. The monoisotopic (exact) mass is 272 g/mol. The molecule has 4 fully saturated rings. The van der Waals surface area contributed by atoms with Gasteiger partial charge in [-0.1, -0.05) is 28.8 Å². The van der Waals surface area contributed by atoms with Crippen molar-refractivity contribution in [2.24, 2.45) is 23.7 Å². The summed E-state index contributed by atoms with van der Waals surface area (Å²) in [5.74, 6) is 3.98. The number of hydrogen-bond donors (Lipinski definition) is 0. The first-order chi connectivity index (χ1) is 7.33. The molecule has 15 heavy (non-hydrogen) atoms. The van der Waals surface area contributed by atoms with Gasteiger partial charge in [-0.2, -0.15) is 0 Å². The van der Waals surface area contributed by atoms with Gasteiger partial charge in [0.15, 0.2) is 0 Å². The zero-order valence-corrected chi connectivity index (χ0v) is 10.9. The second-order valence-electron chi connectivity index (χ2n) is 5.83. The van der Waals surface area contributed by atoms with Crippen LogP contribution in [0.3, 0.4) is 0 Å². The minimum absolute atomic E-state index is 0.637. The van der Waals surface area contributed by atoms with Gasteiger partial charge in [0.05, 0.1) is 13.2 Å². The van der Waals surface area contributed by atoms with Crippen LogP contribution in [-0.2, 0) is 4.74 Å². The van der Waals surface area contributed by atoms with Gasteiger partial charge in [-0.05, 0) is 49.4 Å². The van der Waals surface area contributed by atoms with E-state index in [9.17, 15) is 0 Å². The van der Waals surface area contributed by atoms with E-state index in [4.69, 9.17) is 4.74 Å². The van der Waals surface area contributed by atoms with Crippen molar-refractivity contribution in [2.45, 2.75) is 43.4 Å². The molecule has 2 heteroatoms. The predicted molar refractivity (Wildman–Crippen MR) is 65.2 cm³/mol. The molecule has 3 unspecified atom stereocenters. The molecule has 0 aromatic rings. The van der Waals surface area contributed by atoms with Crippen LogP contribution < -0.4 is 0 Å². The van der Waals surface area contributed by atoms with Gasteiger partial charge in [-0.15, -0.1) is 0 Å². The highest BCUT2D eigenvalue weighted by molar-refractivity contribution is 9.09. The summed E-state index contributed by atoms with van der Waals surface area (Å²) >= 11 is 3.76. The summed E-state index contributed by atoms with van der Waals surface area (Å²) in [4.78, 5) is 0.637. The van der Waals surface area contributed by atoms with E-state index in [1.807, 2.05) is 0 Å². The molecule has 3 saturated carbocycles. The van der Waals surface area contributed by atoms with Gasteiger partial charge in [0.2, 0.25) is 0 Å². The van der Waals surface area contributed by atoms with Crippen molar-refractivity contribution in [3.05, 3.63) is 0 Å². The number of hydrogen-bond acceptors (Lipinski definition) is 1. The van der Waals surface area contributed by atoms with E-state index in [-0.39, 0.29) is 0 Å². The summed E-state index contributed by atoms with van der Waals surface area (Å²) in [6.07, 6.45) is 9.06. The minimum Gasteiger partial charge on any atom is -0.380 e. The molecule has 0 radical (unpaired) electrons. The lowest BCUT2D eigenvalue weighted by molar-refractivity contribution is 0.0777. The zero-order valence-electron chi connectivity index (χ0n) is 9.33. The normalized spacial score (nSPS) is 49.8. The maximum absolute atomic E-state index is 5.54. The Bertz CT molecular complexity index is 223. The van der Waals surface area contributed by atoms with Crippen molar-refractivity contribution >= 4 is 15.9 Å². The maximum atomic E-state index is 5.54. The molecule has 0 amide bonds. The molecule has 86 valence electrons. The fraction of sp³-hybridized carbons (Fsp3) is 1.00. The van der Waals surface area contributed by atoms with Crippen LogP contribution in [0.25, 0.3) is 0 Å². The van der Waals surface area contributed by atoms with Gasteiger partial charge in [0.1, 0.15) is 0 Å². The molecule has 4 rings (SSSR count). The van der Waals surface area contributed by atoms with Crippen LogP contribution in [0, 0.1) is 23.7 Å². The van der Waals surface area contributed by atoms with Crippen molar-refractivity contribution in [1.29, 1.82) is 0 Å². The Labute approximate surface area is 101 Å². The molecule has 2 bridgehead atoms. The van der Waals surface area contributed by atoms with Crippen molar-refractivity contribution in [3.63, 3.8) is 0 Å². The summed E-state index contributed by atoms with van der Waals surface area (Å²) in [5.41, 5.74) is 0. The fourth-order valence-corrected chi connectivity index (χ4v) is 4.54. The molecule has 1 heterocycles. The molecule has 0 aromatic carbocycles. The van der Waals surface area contributed by atoms with Crippen LogP contribution in [0.2, 0.25) is 0 Å². The molecular formula is C13H21BrO. The topological polar surface area (TPSA) is 9.23 Å². The molecule has 0 N–H and O–H groups in total. The highest BCUT2D eigenvalue weighted by atomic mass is 79.9. The van der Waals surface area contributed by atoms with Crippen molar-refractivity contribution in [1.82, 2.24) is 0 Å². The molecule has 1 saturated heterocycles. The SMILES string of the molecule is BrC1COCC1CC1CC2CCC1CC2. The number of ether oxygens (including phenoxy) is 1. The third-order valence-corrected chi connectivity index (χ3v) is 5.93. The van der Waals surface area contributed by atoms with Gasteiger partial charge in [-0.3, -0.25) is 0 Å². The van der Waals surface area contributed by atoms with Crippen LogP contribution in [0.1, 0.15) is 38.5 Å². The van der Waals surface area contributed by atoms with E-state index >= 15 is 0 Å². The Morgan fingerprint density at radius 2 is 1.80 bits per heavy atom. The Balaban J connectivity index is 1.59. The third kappa shape index (κ3) is 2.12. The molecule has 1 nitrogen and oxygen atoms in total. The summed E-state index contributed by atoms with van der Waals surface area (Å²) in [6.45, 7) is 1.94. The van der Waals surface area contributed by atoms with Crippen molar-refractivity contribution < 1.29 is 4.74 Å². The van der Waals surface area contributed by atoms with Crippen molar-refractivity contribution in [3.8, 4) is 0 Å². The van der Waals surface area contributed by atoms with E-state index in [1.165, 1.54) is 38.5 Å². The molecule has 4 aliphatic rings. The van der Waals surface area contributed by atoms with Crippen LogP contribution in [0.15, 0.2) is 0 Å². The third-order valence-electron chi connectivity index (χ3n) is 4.92. The molecular weight excluding hydrogens is 252 g/mol. The molecule has 3 aliphatic carbocycles. The average Bonchev–Trinajstić information content (AvgIpc) is 2.66. The molecule has 1 aliphatic heterocycles. The second-order valence-corrected chi connectivity index (χ2v) is 7.00. The summed E-state index contributed by atoms with van der Waals surface area (Å²) < 4.78 is 5.54. The van der Waals surface area contributed by atoms with Crippen LogP contribution in [0.5, 0.6) is 0 Å². The Morgan fingerprint density at radius 3 is 2.33 bits per heavy atom. The fourth-order valence-electron chi connectivity index (χ4n) is 3.98. The lowest BCUT2D eigenvalue weighted by Crippen LogP contribution is -2.33. The van der Waals surface area contributed by atoms with Crippen LogP contribution >= 0.6 is 15.9 Å². The van der Waals surface area contributed by atoms with Crippen LogP contribution in [0.4, 0.5) is 0 Å². The van der Waals surface area contributed by atoms with Gasteiger partial charge in [0.25, 0.3) is 0 Å². The van der Waals surface area contributed by atoms with E-state index in [0.29, 0.717) is 4.83 Å². The smallest absolute Gasteiger partial charge is 0.0595 e. The first kappa shape index (κ1) is 10.6. The van der Waals surface area contributed by atoms with Crippen LogP contribution in [-0.4, -0.2) is 18.0 Å². The van der Waals surface area contributed by atoms with Gasteiger partial charge < -0.3 is 4.74 Å². The highest BCUT2D eigenvalue weighted by Crippen LogP contribution is 2.48. The Hall–Kier alpha value is 0.440. The van der Waals surface area contributed by atoms with Gasteiger partial charge in [-0.25, -0.2) is 0 Å². The first-order valence-corrected chi connectivity index (χ1v) is 7.46. The summed E-state index contributed by atoms with van der Waals surface area (Å²) in [6, 6.07) is 0. The predicted octanol–water partition coefficient (Wildman–Crippen LogP) is 3.61. The summed E-state index contributed by atoms with van der Waals surface area (Å²) in [7, 11) is 0. The van der Waals surface area contributed by atoms with E-state index in [0.717, 1.165) is 36.9 Å². The highest BCUT2D eigenvalue weighted by Gasteiger charge is 2.38. The summed E-state index contributed by atoms with van der Waals surface area (Å²) in [5, 5.41) is 0. The largest absolute Gasteiger partial charge is 0.380 e. The van der Waals surface area contributed by atoms with Gasteiger partial charge >= 0.3 is 0 Å². The lowest BCUT2D eigenvalue weighted by Gasteiger charge is -2.43. The number of halogens is 1. The first-order valence-electron chi connectivity index (χ1n) is 6.54. The van der Waals surface area contributed by atoms with Gasteiger partial charge in [0, 0.05) is 4.83 Å². The molecule has 0 aromatic heterocycles. The second kappa shape index (κ2) is 4.37.